The minimum Gasteiger partial charge on any atom is -0.352 e. The van der Waals surface area contributed by atoms with E-state index in [1.54, 1.807) is 17.0 Å². The van der Waals surface area contributed by atoms with E-state index in [0.29, 0.717) is 24.6 Å². The lowest BCUT2D eigenvalue weighted by atomic mass is 10.1. The van der Waals surface area contributed by atoms with E-state index in [2.05, 4.69) is 24.1 Å². The molecule has 132 valence electrons. The molecule has 0 saturated heterocycles. The Morgan fingerprint density at radius 2 is 1.88 bits per heavy atom. The molecular formula is C20H25N3O2. The highest BCUT2D eigenvalue weighted by atomic mass is 16.2. The van der Waals surface area contributed by atoms with E-state index >= 15 is 0 Å². The standard InChI is InChI=1S/C20H25N3O2/c1-4-23(17-8-6-5-7-9-17)20(25)18-14-16(11-13-21-18)19(24)22-12-10-15(2)3/h5-9,11,13-15H,4,10,12H2,1-3H3,(H,22,24). The zero-order chi connectivity index (χ0) is 18.2. The van der Waals surface area contributed by atoms with Crippen molar-refractivity contribution in [2.45, 2.75) is 27.2 Å². The van der Waals surface area contributed by atoms with Crippen molar-refractivity contribution in [3.05, 3.63) is 59.9 Å². The zero-order valence-corrected chi connectivity index (χ0v) is 15.0. The summed E-state index contributed by atoms with van der Waals surface area (Å²) in [5.41, 5.74) is 1.53. The number of hydrogen-bond donors (Lipinski definition) is 1. The zero-order valence-electron chi connectivity index (χ0n) is 15.0. The third kappa shape index (κ3) is 5.14. The number of nitrogens with zero attached hydrogens (tertiary/aromatic N) is 2. The molecule has 1 aromatic carbocycles. The van der Waals surface area contributed by atoms with Crippen LogP contribution in [0.15, 0.2) is 48.7 Å². The van der Waals surface area contributed by atoms with Gasteiger partial charge in [0.2, 0.25) is 0 Å². The number of benzene rings is 1. The fraction of sp³-hybridized carbons (Fsp3) is 0.350. The fourth-order valence-electron chi connectivity index (χ4n) is 2.45. The van der Waals surface area contributed by atoms with E-state index in [0.717, 1.165) is 12.1 Å². The average molecular weight is 339 g/mol. The Bertz CT molecular complexity index is 714. The van der Waals surface area contributed by atoms with Crippen molar-refractivity contribution in [3.8, 4) is 0 Å². The predicted octanol–water partition coefficient (Wildman–Crippen LogP) is 3.52. The summed E-state index contributed by atoms with van der Waals surface area (Å²) in [4.78, 5) is 30.8. The maximum absolute atomic E-state index is 12.8. The van der Waals surface area contributed by atoms with Crippen LogP contribution in [0.3, 0.4) is 0 Å². The molecule has 0 aliphatic carbocycles. The van der Waals surface area contributed by atoms with Crippen LogP contribution in [0.5, 0.6) is 0 Å². The second kappa shape index (κ2) is 8.97. The molecule has 1 aromatic heterocycles. The quantitative estimate of drug-likeness (QED) is 0.839. The molecule has 0 aliphatic rings. The van der Waals surface area contributed by atoms with Crippen molar-refractivity contribution in [2.24, 2.45) is 5.92 Å². The Balaban J connectivity index is 2.14. The molecule has 0 fully saturated rings. The maximum atomic E-state index is 12.8. The van der Waals surface area contributed by atoms with Crippen LogP contribution in [0.2, 0.25) is 0 Å². The molecule has 2 amide bonds. The van der Waals surface area contributed by atoms with Crippen molar-refractivity contribution < 1.29 is 9.59 Å². The maximum Gasteiger partial charge on any atom is 0.276 e. The van der Waals surface area contributed by atoms with Gasteiger partial charge in [0.25, 0.3) is 11.8 Å². The average Bonchev–Trinajstić information content (AvgIpc) is 2.63. The van der Waals surface area contributed by atoms with Gasteiger partial charge in [-0.2, -0.15) is 0 Å². The van der Waals surface area contributed by atoms with Gasteiger partial charge in [0.1, 0.15) is 5.69 Å². The monoisotopic (exact) mass is 339 g/mol. The van der Waals surface area contributed by atoms with Gasteiger partial charge in [-0.1, -0.05) is 32.0 Å². The van der Waals surface area contributed by atoms with Gasteiger partial charge in [0.15, 0.2) is 0 Å². The van der Waals surface area contributed by atoms with E-state index < -0.39 is 0 Å². The van der Waals surface area contributed by atoms with Gasteiger partial charge in [-0.3, -0.25) is 14.6 Å². The summed E-state index contributed by atoms with van der Waals surface area (Å²) in [6.07, 6.45) is 2.42. The molecule has 1 heterocycles. The van der Waals surface area contributed by atoms with Crippen molar-refractivity contribution in [1.82, 2.24) is 10.3 Å². The van der Waals surface area contributed by atoms with Crippen LogP contribution < -0.4 is 10.2 Å². The van der Waals surface area contributed by atoms with E-state index in [4.69, 9.17) is 0 Å². The number of para-hydroxylation sites is 1. The first-order chi connectivity index (χ1) is 12.0. The topological polar surface area (TPSA) is 62.3 Å². The Labute approximate surface area is 149 Å². The highest BCUT2D eigenvalue weighted by molar-refractivity contribution is 6.06. The van der Waals surface area contributed by atoms with Gasteiger partial charge in [-0.05, 0) is 43.5 Å². The number of pyridine rings is 1. The third-order valence-corrected chi connectivity index (χ3v) is 3.88. The van der Waals surface area contributed by atoms with Crippen LogP contribution >= 0.6 is 0 Å². The molecule has 0 unspecified atom stereocenters. The fourth-order valence-corrected chi connectivity index (χ4v) is 2.45. The van der Waals surface area contributed by atoms with Crippen LogP contribution in [0.1, 0.15) is 48.0 Å². The first kappa shape index (κ1) is 18.6. The molecule has 5 nitrogen and oxygen atoms in total. The van der Waals surface area contributed by atoms with Gasteiger partial charge in [-0.25, -0.2) is 0 Å². The van der Waals surface area contributed by atoms with Crippen molar-refractivity contribution >= 4 is 17.5 Å². The Hall–Kier alpha value is -2.69. The Morgan fingerprint density at radius 3 is 2.52 bits per heavy atom. The van der Waals surface area contributed by atoms with Gasteiger partial charge in [-0.15, -0.1) is 0 Å². The molecular weight excluding hydrogens is 314 g/mol. The van der Waals surface area contributed by atoms with Crippen molar-refractivity contribution in [3.63, 3.8) is 0 Å². The summed E-state index contributed by atoms with van der Waals surface area (Å²) in [5, 5.41) is 2.88. The van der Waals surface area contributed by atoms with E-state index in [-0.39, 0.29) is 17.5 Å². The number of rotatable bonds is 7. The first-order valence-electron chi connectivity index (χ1n) is 8.64. The molecule has 1 N–H and O–H groups in total. The van der Waals surface area contributed by atoms with Crippen LogP contribution in [0, 0.1) is 5.92 Å². The highest BCUT2D eigenvalue weighted by Crippen LogP contribution is 2.16. The van der Waals surface area contributed by atoms with Crippen LogP contribution in [0.4, 0.5) is 5.69 Å². The number of aromatic nitrogens is 1. The summed E-state index contributed by atoms with van der Waals surface area (Å²) < 4.78 is 0. The molecule has 0 saturated carbocycles. The van der Waals surface area contributed by atoms with Gasteiger partial charge < -0.3 is 10.2 Å². The molecule has 0 radical (unpaired) electrons. The Kier molecular flexibility index (Phi) is 6.69. The SMILES string of the molecule is CCN(C(=O)c1cc(C(=O)NCCC(C)C)ccn1)c1ccccc1. The summed E-state index contributed by atoms with van der Waals surface area (Å²) in [5.74, 6) is 0.129. The minimum absolute atomic E-state index is 0.181. The number of carbonyl (C=O) groups is 2. The normalized spacial score (nSPS) is 10.6. The number of carbonyl (C=O) groups excluding carboxylic acids is 2. The number of amides is 2. The molecule has 25 heavy (non-hydrogen) atoms. The Morgan fingerprint density at radius 1 is 1.16 bits per heavy atom. The highest BCUT2D eigenvalue weighted by Gasteiger charge is 2.18. The second-order valence-corrected chi connectivity index (χ2v) is 6.25. The molecule has 0 bridgehead atoms. The summed E-state index contributed by atoms with van der Waals surface area (Å²) in [6.45, 7) is 7.27. The van der Waals surface area contributed by atoms with Crippen LogP contribution in [0.25, 0.3) is 0 Å². The predicted molar refractivity (Wildman–Crippen MR) is 99.8 cm³/mol. The lowest BCUT2D eigenvalue weighted by molar-refractivity contribution is 0.0952. The van der Waals surface area contributed by atoms with E-state index in [1.165, 1.54) is 6.20 Å². The van der Waals surface area contributed by atoms with Crippen LogP contribution in [-0.4, -0.2) is 29.9 Å². The largest absolute Gasteiger partial charge is 0.352 e. The molecule has 0 spiro atoms. The first-order valence-corrected chi connectivity index (χ1v) is 8.64. The number of nitrogens with one attached hydrogen (secondary N) is 1. The minimum atomic E-state index is -0.217. The van der Waals surface area contributed by atoms with E-state index in [9.17, 15) is 9.59 Å². The second-order valence-electron chi connectivity index (χ2n) is 6.25. The number of hydrogen-bond acceptors (Lipinski definition) is 3. The van der Waals surface area contributed by atoms with Crippen LogP contribution in [-0.2, 0) is 0 Å². The van der Waals surface area contributed by atoms with Gasteiger partial charge in [0, 0.05) is 30.5 Å². The lowest BCUT2D eigenvalue weighted by Crippen LogP contribution is -2.32. The van der Waals surface area contributed by atoms with Gasteiger partial charge in [0.05, 0.1) is 0 Å². The number of anilines is 1. The third-order valence-electron chi connectivity index (χ3n) is 3.88. The summed E-state index contributed by atoms with van der Waals surface area (Å²) >= 11 is 0. The lowest BCUT2D eigenvalue weighted by Gasteiger charge is -2.20. The molecule has 2 rings (SSSR count). The van der Waals surface area contributed by atoms with Gasteiger partial charge >= 0.3 is 0 Å². The molecule has 2 aromatic rings. The molecule has 0 aliphatic heterocycles. The molecule has 5 heteroatoms. The smallest absolute Gasteiger partial charge is 0.276 e. The summed E-state index contributed by atoms with van der Waals surface area (Å²) in [7, 11) is 0. The van der Waals surface area contributed by atoms with E-state index in [1.807, 2.05) is 37.3 Å². The van der Waals surface area contributed by atoms with Crippen molar-refractivity contribution in [1.29, 1.82) is 0 Å². The summed E-state index contributed by atoms with van der Waals surface area (Å²) in [6, 6.07) is 12.6. The van der Waals surface area contributed by atoms with Crippen molar-refractivity contribution in [2.75, 3.05) is 18.0 Å². The molecule has 0 atom stereocenters.